The van der Waals surface area contributed by atoms with Crippen molar-refractivity contribution < 1.29 is 66.7 Å². The van der Waals surface area contributed by atoms with Gasteiger partial charge in [-0.05, 0) is 77.0 Å². The fourth-order valence-electron chi connectivity index (χ4n) is 5.30. The van der Waals surface area contributed by atoms with E-state index in [1.807, 2.05) is 66.8 Å². The Hall–Kier alpha value is -3.26. The van der Waals surface area contributed by atoms with E-state index in [0.29, 0.717) is 32.1 Å². The van der Waals surface area contributed by atoms with Crippen LogP contribution in [0.2, 0.25) is 0 Å². The number of phosphoric ester groups is 2. The summed E-state index contributed by atoms with van der Waals surface area (Å²) in [6.45, 7) is 1.38. The maximum absolute atomic E-state index is 12.6. The van der Waals surface area contributed by atoms with Gasteiger partial charge < -0.3 is 34.4 Å². The maximum Gasteiger partial charge on any atom is 0.472 e. The number of phosphoric acid groups is 2. The summed E-state index contributed by atoms with van der Waals surface area (Å²) in [6.07, 6.45) is 48.6. The van der Waals surface area contributed by atoms with Crippen LogP contribution in [0.3, 0.4) is 0 Å². The van der Waals surface area contributed by atoms with Crippen LogP contribution in [0.15, 0.2) is 109 Å². The predicted molar refractivity (Wildman–Crippen MR) is 254 cm³/mol. The van der Waals surface area contributed by atoms with E-state index in [-0.39, 0.29) is 12.8 Å². The fourth-order valence-corrected chi connectivity index (χ4v) is 6.45. The second-order valence-corrected chi connectivity index (χ2v) is 17.5. The zero-order valence-electron chi connectivity index (χ0n) is 38.2. The fraction of sp³-hybridized carbons (Fsp3) is 0.583. The summed E-state index contributed by atoms with van der Waals surface area (Å²) in [4.78, 5) is 52.7. The zero-order valence-corrected chi connectivity index (χ0v) is 40.0. The predicted octanol–water partition coefficient (Wildman–Crippen LogP) is 10.9. The van der Waals surface area contributed by atoms with Gasteiger partial charge in [-0.1, -0.05) is 155 Å². The van der Waals surface area contributed by atoms with Crippen molar-refractivity contribution in [1.82, 2.24) is 0 Å². The van der Waals surface area contributed by atoms with E-state index in [4.69, 9.17) is 23.8 Å². The van der Waals surface area contributed by atoms with Crippen LogP contribution in [0.1, 0.15) is 136 Å². The van der Waals surface area contributed by atoms with Gasteiger partial charge in [-0.3, -0.25) is 23.2 Å². The number of rotatable bonds is 41. The summed E-state index contributed by atoms with van der Waals surface area (Å²) >= 11 is 0. The Bertz CT molecular complexity index is 1560. The molecule has 4 atom stereocenters. The third kappa shape index (κ3) is 45.3. The van der Waals surface area contributed by atoms with E-state index < -0.39 is 72.3 Å². The minimum absolute atomic E-state index is 0.0263. The molecule has 0 aromatic heterocycles. The van der Waals surface area contributed by atoms with E-state index in [1.54, 1.807) is 6.08 Å². The summed E-state index contributed by atoms with van der Waals surface area (Å²) in [6, 6.07) is 0. The van der Waals surface area contributed by atoms with Crippen molar-refractivity contribution in [3.63, 3.8) is 0 Å². The first kappa shape index (κ1) is 60.7. The molecule has 16 heteroatoms. The number of aliphatic hydroxyl groups excluding tert-OH is 2. The highest BCUT2D eigenvalue weighted by Gasteiger charge is 2.28. The second kappa shape index (κ2) is 42.4. The quantitative estimate of drug-likeness (QED) is 0.0127. The van der Waals surface area contributed by atoms with Crippen molar-refractivity contribution in [2.45, 2.75) is 154 Å². The number of carbonyl (C=O) groups excluding carboxylic acids is 2. The molecular formula is C48H78O14P2. The molecule has 5 N–H and O–H groups in total. The smallest absolute Gasteiger partial charge is 0.462 e. The molecule has 0 aromatic carbocycles. The topological polar surface area (TPSA) is 216 Å². The number of esters is 2. The van der Waals surface area contributed by atoms with Crippen molar-refractivity contribution >= 4 is 27.6 Å². The lowest BCUT2D eigenvalue weighted by molar-refractivity contribution is -0.161. The molecule has 2 unspecified atom stereocenters. The van der Waals surface area contributed by atoms with Gasteiger partial charge in [-0.15, -0.1) is 0 Å². The molecule has 0 saturated carbocycles. The Kier molecular flexibility index (Phi) is 40.2. The summed E-state index contributed by atoms with van der Waals surface area (Å²) in [5.74, 6) is -1.22. The Morgan fingerprint density at radius 1 is 0.531 bits per heavy atom. The largest absolute Gasteiger partial charge is 0.472 e. The lowest BCUT2D eigenvalue weighted by Crippen LogP contribution is -2.29. The van der Waals surface area contributed by atoms with Crippen molar-refractivity contribution in [3.05, 3.63) is 109 Å². The number of allylic oxidation sites excluding steroid dienone is 16. The Morgan fingerprint density at radius 2 is 1.06 bits per heavy atom. The van der Waals surface area contributed by atoms with E-state index >= 15 is 0 Å². The molecular weight excluding hydrogens is 862 g/mol. The van der Waals surface area contributed by atoms with Gasteiger partial charge in [0.25, 0.3) is 0 Å². The van der Waals surface area contributed by atoms with Crippen molar-refractivity contribution in [3.8, 4) is 0 Å². The normalized spacial score (nSPS) is 15.4. The van der Waals surface area contributed by atoms with Gasteiger partial charge in [0.15, 0.2) is 6.10 Å². The van der Waals surface area contributed by atoms with E-state index in [9.17, 15) is 33.8 Å². The van der Waals surface area contributed by atoms with E-state index in [2.05, 4.69) is 59.4 Å². The zero-order chi connectivity index (χ0) is 47.4. The van der Waals surface area contributed by atoms with Crippen LogP contribution < -0.4 is 0 Å². The summed E-state index contributed by atoms with van der Waals surface area (Å²) < 4.78 is 47.6. The van der Waals surface area contributed by atoms with Crippen LogP contribution in [-0.4, -0.2) is 81.6 Å². The van der Waals surface area contributed by atoms with Crippen molar-refractivity contribution in [1.29, 1.82) is 0 Å². The SMILES string of the molecule is CC/C=C\CC(O)/C=C/C=C/C/C=C\C/C=C\C/C=C\CCC(=O)O[C@H](COC(=O)CCC/C=C\C/C=C\C/C=C\CCCCCCCC)COP(=O)(O)OC[C@@H](O)COP(=O)(O)O. The molecule has 0 saturated heterocycles. The van der Waals surface area contributed by atoms with Crippen molar-refractivity contribution in [2.75, 3.05) is 26.4 Å². The number of hydrogen-bond acceptors (Lipinski definition) is 11. The Labute approximate surface area is 383 Å². The molecule has 0 amide bonds. The van der Waals surface area contributed by atoms with Gasteiger partial charge in [0.1, 0.15) is 12.7 Å². The average Bonchev–Trinajstić information content (AvgIpc) is 3.25. The number of carbonyl (C=O) groups is 2. The molecule has 0 fully saturated rings. The van der Waals surface area contributed by atoms with E-state index in [1.165, 1.54) is 38.5 Å². The molecule has 0 rings (SSSR count). The average molecular weight is 941 g/mol. The molecule has 0 aliphatic carbocycles. The van der Waals surface area contributed by atoms with Crippen LogP contribution in [0.25, 0.3) is 0 Å². The summed E-state index contributed by atoms with van der Waals surface area (Å²) in [5.41, 5.74) is 0. The molecule has 0 spiro atoms. The maximum atomic E-state index is 12.6. The lowest BCUT2D eigenvalue weighted by atomic mass is 10.1. The highest BCUT2D eigenvalue weighted by atomic mass is 31.2. The number of aliphatic hydroxyl groups is 2. The van der Waals surface area contributed by atoms with Gasteiger partial charge in [-0.25, -0.2) is 9.13 Å². The first-order chi connectivity index (χ1) is 30.8. The highest BCUT2D eigenvalue weighted by molar-refractivity contribution is 7.47. The molecule has 64 heavy (non-hydrogen) atoms. The second-order valence-electron chi connectivity index (χ2n) is 14.8. The monoisotopic (exact) mass is 940 g/mol. The molecule has 0 aromatic rings. The standard InChI is InChI=1S/C48H78O14P2/c1-3-5-7-8-9-10-11-12-13-14-15-18-21-24-27-30-34-38-47(51)58-42-46(43-61-64(56,57)60-41-45(50)40-59-63(53,54)55)62-48(52)39-35-31-28-25-22-19-16-17-20-23-26-29-33-37-44(49)36-32-6-4-2/h6,12-13,15,17-20,22,24,26-29,31-33,37,44-46,49-50H,3-5,7-11,14,16,21,23,25,30,34-36,38-43H2,1-2H3,(H,56,57)(H2,53,54,55)/b13-12-,18-15-,20-17-,22-19-,27-24-,29-26+,31-28-,32-6-,37-33+/t44?,45-,46+/m0/s1. The third-order valence-electron chi connectivity index (χ3n) is 8.73. The van der Waals surface area contributed by atoms with Crippen LogP contribution in [-0.2, 0) is 41.8 Å². The minimum atomic E-state index is -4.89. The Balaban J connectivity index is 4.76. The Morgan fingerprint density at radius 3 is 1.67 bits per heavy atom. The first-order valence-corrected chi connectivity index (χ1v) is 25.7. The van der Waals surface area contributed by atoms with Gasteiger partial charge >= 0.3 is 27.6 Å². The molecule has 0 radical (unpaired) electrons. The van der Waals surface area contributed by atoms with Crippen LogP contribution in [0.4, 0.5) is 0 Å². The molecule has 0 heterocycles. The summed E-state index contributed by atoms with van der Waals surface area (Å²) in [5, 5.41) is 19.6. The summed E-state index contributed by atoms with van der Waals surface area (Å²) in [7, 11) is -9.74. The van der Waals surface area contributed by atoms with Crippen LogP contribution in [0, 0.1) is 0 Å². The number of ether oxygens (including phenoxy) is 2. The van der Waals surface area contributed by atoms with Gasteiger partial charge in [0.05, 0.1) is 25.9 Å². The molecule has 0 aliphatic heterocycles. The van der Waals surface area contributed by atoms with Crippen LogP contribution in [0.5, 0.6) is 0 Å². The first-order valence-electron chi connectivity index (χ1n) is 22.7. The van der Waals surface area contributed by atoms with Crippen molar-refractivity contribution in [2.24, 2.45) is 0 Å². The molecule has 364 valence electrons. The number of unbranched alkanes of at least 4 members (excludes halogenated alkanes) is 7. The number of hydrogen-bond donors (Lipinski definition) is 5. The molecule has 0 aliphatic rings. The third-order valence-corrected chi connectivity index (χ3v) is 10.2. The van der Waals surface area contributed by atoms with Gasteiger partial charge in [0.2, 0.25) is 0 Å². The van der Waals surface area contributed by atoms with Gasteiger partial charge in [-0.2, -0.15) is 0 Å². The minimum Gasteiger partial charge on any atom is -0.462 e. The van der Waals surface area contributed by atoms with Gasteiger partial charge in [0, 0.05) is 12.8 Å². The highest BCUT2D eigenvalue weighted by Crippen LogP contribution is 2.43. The molecule has 14 nitrogen and oxygen atoms in total. The molecule has 0 bridgehead atoms. The van der Waals surface area contributed by atoms with Crippen LogP contribution >= 0.6 is 15.6 Å². The van der Waals surface area contributed by atoms with E-state index in [0.717, 1.165) is 38.5 Å². The lowest BCUT2D eigenvalue weighted by Gasteiger charge is -2.20.